The van der Waals surface area contributed by atoms with Gasteiger partial charge in [-0.1, -0.05) is 73.7 Å². The van der Waals surface area contributed by atoms with E-state index in [1.807, 2.05) is 0 Å². The van der Waals surface area contributed by atoms with Crippen LogP contribution in [0.15, 0.2) is 66.7 Å². The van der Waals surface area contributed by atoms with Crippen molar-refractivity contribution in [3.8, 4) is 11.1 Å². The average Bonchev–Trinajstić information content (AvgIpc) is 3.02. The summed E-state index contributed by atoms with van der Waals surface area (Å²) in [5.74, 6) is 0. The summed E-state index contributed by atoms with van der Waals surface area (Å²) in [5.41, 5.74) is 7.81. The minimum Gasteiger partial charge on any atom is -0.417 e. The van der Waals surface area contributed by atoms with Gasteiger partial charge in [-0.3, -0.25) is 0 Å². The van der Waals surface area contributed by atoms with Gasteiger partial charge in [0.05, 0.1) is 12.0 Å². The van der Waals surface area contributed by atoms with E-state index in [4.69, 9.17) is 9.16 Å². The van der Waals surface area contributed by atoms with E-state index in [0.29, 0.717) is 13.2 Å². The molecule has 0 unspecified atom stereocenters. The second kappa shape index (κ2) is 8.66. The third-order valence-electron chi connectivity index (χ3n) is 6.20. The molecule has 1 aliphatic carbocycles. The maximum absolute atomic E-state index is 6.55. The van der Waals surface area contributed by atoms with E-state index in [1.165, 1.54) is 38.6 Å². The molecule has 0 fully saturated rings. The lowest BCUT2D eigenvalue weighted by Crippen LogP contribution is -2.38. The molecule has 0 bridgehead atoms. The Hall–Kier alpha value is -2.20. The van der Waals surface area contributed by atoms with Crippen molar-refractivity contribution in [3.05, 3.63) is 89.0 Å². The van der Waals surface area contributed by atoms with Crippen molar-refractivity contribution >= 4 is 14.9 Å². The summed E-state index contributed by atoms with van der Waals surface area (Å²) in [5, 5.41) is 1.40. The van der Waals surface area contributed by atoms with E-state index in [9.17, 15) is 0 Å². The van der Waals surface area contributed by atoms with E-state index in [-0.39, 0.29) is 5.41 Å². The number of hydrogen-bond acceptors (Lipinski definition) is 2. The number of benzene rings is 3. The number of hydrogen-bond donors (Lipinski definition) is 0. The third kappa shape index (κ3) is 3.70. The summed E-state index contributed by atoms with van der Waals surface area (Å²) in [4.78, 5) is 0. The Labute approximate surface area is 176 Å². The van der Waals surface area contributed by atoms with Gasteiger partial charge in [-0.2, -0.15) is 0 Å². The van der Waals surface area contributed by atoms with Gasteiger partial charge in [0, 0.05) is 13.2 Å². The van der Waals surface area contributed by atoms with Gasteiger partial charge in [-0.05, 0) is 58.8 Å². The molecule has 0 amide bonds. The first-order valence-electron chi connectivity index (χ1n) is 10.6. The molecule has 0 saturated carbocycles. The van der Waals surface area contributed by atoms with Crippen LogP contribution in [0.2, 0.25) is 0 Å². The highest BCUT2D eigenvalue weighted by Crippen LogP contribution is 2.49. The zero-order valence-electron chi connectivity index (χ0n) is 17.7. The first-order valence-corrected chi connectivity index (χ1v) is 11.9. The molecule has 0 atom stereocenters. The molecule has 1 aliphatic rings. The molecule has 29 heavy (non-hydrogen) atoms. The summed E-state index contributed by atoms with van der Waals surface area (Å²) in [7, 11) is -0.817. The lowest BCUT2D eigenvalue weighted by molar-refractivity contribution is 0.0771. The molecule has 0 saturated heterocycles. The first-order chi connectivity index (χ1) is 14.2. The molecule has 0 N–H and O–H groups in total. The van der Waals surface area contributed by atoms with Gasteiger partial charge in [0.25, 0.3) is 0 Å². The van der Waals surface area contributed by atoms with Gasteiger partial charge in [0.2, 0.25) is 0 Å². The summed E-state index contributed by atoms with van der Waals surface area (Å²) in [6.45, 7) is 8.66. The van der Waals surface area contributed by atoms with Crippen molar-refractivity contribution in [2.45, 2.75) is 32.6 Å². The normalized spacial score (nSPS) is 14.3. The number of rotatable bonds is 8. The van der Waals surface area contributed by atoms with Crippen LogP contribution >= 0.6 is 0 Å². The Morgan fingerprint density at radius 3 is 2.10 bits per heavy atom. The molecule has 4 rings (SSSR count). The van der Waals surface area contributed by atoms with Gasteiger partial charge < -0.3 is 9.16 Å². The predicted molar refractivity (Wildman–Crippen MR) is 124 cm³/mol. The molecule has 3 heteroatoms. The quantitative estimate of drug-likeness (QED) is 0.410. The first kappa shape index (κ1) is 20.1. The van der Waals surface area contributed by atoms with Crippen LogP contribution in [0, 0.1) is 13.8 Å². The van der Waals surface area contributed by atoms with Gasteiger partial charge in [0.15, 0.2) is 9.76 Å². The lowest BCUT2D eigenvalue weighted by Gasteiger charge is -2.32. The largest absolute Gasteiger partial charge is 0.417 e. The highest BCUT2D eigenvalue weighted by atomic mass is 28.2. The maximum atomic E-state index is 6.55. The number of aryl methyl sites for hydroxylation is 1. The van der Waals surface area contributed by atoms with Gasteiger partial charge >= 0.3 is 0 Å². The maximum Gasteiger partial charge on any atom is 0.192 e. The van der Waals surface area contributed by atoms with Gasteiger partial charge in [-0.25, -0.2) is 0 Å². The summed E-state index contributed by atoms with van der Waals surface area (Å²) in [6, 6.07) is 24.1. The molecule has 2 nitrogen and oxygen atoms in total. The zero-order chi connectivity index (χ0) is 20.3. The molecule has 0 aromatic heterocycles. The van der Waals surface area contributed by atoms with Crippen LogP contribution in [0.25, 0.3) is 11.1 Å². The fraction of sp³-hybridized carbons (Fsp3) is 0.308. The molecular weight excluding hydrogens is 372 g/mol. The molecule has 0 radical (unpaired) electrons. The van der Waals surface area contributed by atoms with Crippen LogP contribution < -0.4 is 5.19 Å². The summed E-state index contributed by atoms with van der Waals surface area (Å²) in [6.07, 6.45) is 1.03. The highest BCUT2D eigenvalue weighted by molar-refractivity contribution is 6.47. The molecule has 150 valence electrons. The SMILES string of the molecule is CCCOCC1(CO[SiH2]c2cccc(C)c2C)c2ccccc2-c2ccccc21. The monoisotopic (exact) mass is 402 g/mol. The molecule has 0 aliphatic heterocycles. The van der Waals surface area contributed by atoms with Crippen LogP contribution in [0.1, 0.15) is 35.6 Å². The van der Waals surface area contributed by atoms with E-state index >= 15 is 0 Å². The second-order valence-electron chi connectivity index (χ2n) is 8.08. The standard InChI is InChI=1S/C26H30O2Si/c1-4-16-27-17-26(18-28-29-25-15-9-10-19(2)20(25)3)23-13-7-5-11-21(23)22-12-6-8-14-24(22)26/h5-15H,4,16-18,29H2,1-3H3. The van der Waals surface area contributed by atoms with E-state index in [0.717, 1.165) is 13.0 Å². The average molecular weight is 403 g/mol. The molecule has 0 spiro atoms. The van der Waals surface area contributed by atoms with Crippen LogP contribution in [0.5, 0.6) is 0 Å². The van der Waals surface area contributed by atoms with Gasteiger partial charge in [0.1, 0.15) is 0 Å². The highest BCUT2D eigenvalue weighted by Gasteiger charge is 2.43. The van der Waals surface area contributed by atoms with Crippen molar-refractivity contribution in [2.75, 3.05) is 19.8 Å². The topological polar surface area (TPSA) is 18.5 Å². The zero-order valence-corrected chi connectivity index (χ0v) is 19.1. The number of ether oxygens (including phenoxy) is 1. The smallest absolute Gasteiger partial charge is 0.192 e. The Kier molecular flexibility index (Phi) is 6.00. The minimum atomic E-state index is -0.817. The Morgan fingerprint density at radius 1 is 0.793 bits per heavy atom. The van der Waals surface area contributed by atoms with Crippen LogP contribution in [-0.4, -0.2) is 29.6 Å². The lowest BCUT2D eigenvalue weighted by atomic mass is 9.79. The molecular formula is C26H30O2Si. The Morgan fingerprint density at radius 2 is 1.45 bits per heavy atom. The van der Waals surface area contributed by atoms with Crippen molar-refractivity contribution in [1.82, 2.24) is 0 Å². The molecule has 0 heterocycles. The minimum absolute atomic E-state index is 0.229. The van der Waals surface area contributed by atoms with Crippen molar-refractivity contribution in [3.63, 3.8) is 0 Å². The predicted octanol–water partition coefficient (Wildman–Crippen LogP) is 4.42. The van der Waals surface area contributed by atoms with Gasteiger partial charge in [-0.15, -0.1) is 0 Å². The molecule has 3 aromatic carbocycles. The van der Waals surface area contributed by atoms with E-state index in [2.05, 4.69) is 87.5 Å². The van der Waals surface area contributed by atoms with Crippen molar-refractivity contribution < 1.29 is 9.16 Å². The van der Waals surface area contributed by atoms with Crippen LogP contribution in [0.3, 0.4) is 0 Å². The van der Waals surface area contributed by atoms with E-state index < -0.39 is 9.76 Å². The van der Waals surface area contributed by atoms with E-state index in [1.54, 1.807) is 0 Å². The van der Waals surface area contributed by atoms with Crippen molar-refractivity contribution in [2.24, 2.45) is 0 Å². The second-order valence-corrected chi connectivity index (χ2v) is 9.54. The Balaban J connectivity index is 1.67. The number of fused-ring (bicyclic) bond motifs is 3. The fourth-order valence-corrected chi connectivity index (χ4v) is 5.86. The fourth-order valence-electron chi connectivity index (χ4n) is 4.46. The Bertz CT molecular complexity index is 950. The van der Waals surface area contributed by atoms with Crippen LogP contribution in [-0.2, 0) is 14.6 Å². The molecule has 3 aromatic rings. The summed E-state index contributed by atoms with van der Waals surface area (Å²) < 4.78 is 12.7. The van der Waals surface area contributed by atoms with Crippen molar-refractivity contribution in [1.29, 1.82) is 0 Å². The summed E-state index contributed by atoms with van der Waals surface area (Å²) >= 11 is 0. The third-order valence-corrected chi connectivity index (χ3v) is 7.68. The van der Waals surface area contributed by atoms with Crippen LogP contribution in [0.4, 0.5) is 0 Å².